The van der Waals surface area contributed by atoms with Gasteiger partial charge in [0.05, 0.1) is 0 Å². The minimum absolute atomic E-state index is 0.0525. The van der Waals surface area contributed by atoms with Crippen molar-refractivity contribution in [3.63, 3.8) is 0 Å². The highest BCUT2D eigenvalue weighted by molar-refractivity contribution is 6.07. The molecule has 2 aromatic rings. The third kappa shape index (κ3) is 5.31. The summed E-state index contributed by atoms with van der Waals surface area (Å²) in [6.07, 6.45) is 3.38. The average molecular weight is 337 g/mol. The highest BCUT2D eigenvalue weighted by Crippen LogP contribution is 2.16. The average Bonchev–Trinajstić information content (AvgIpc) is 2.58. The molecule has 4 nitrogen and oxygen atoms in total. The zero-order valence-corrected chi connectivity index (χ0v) is 15.1. The Morgan fingerprint density at radius 1 is 1.08 bits per heavy atom. The van der Waals surface area contributed by atoms with E-state index in [1.807, 2.05) is 32.1 Å². The number of allylic oxidation sites excluding steroid dienone is 1. The van der Waals surface area contributed by atoms with Gasteiger partial charge in [-0.3, -0.25) is 9.59 Å². The molecule has 0 aliphatic rings. The van der Waals surface area contributed by atoms with E-state index in [0.717, 1.165) is 11.1 Å². The van der Waals surface area contributed by atoms with Gasteiger partial charge in [0, 0.05) is 19.7 Å². The van der Waals surface area contributed by atoms with E-state index in [2.05, 4.69) is 6.07 Å². The molecule has 0 bridgehead atoms. The fraction of sp³-hybridized carbons (Fsp3) is 0.238. The Balaban J connectivity index is 2.07. The number of hydrogen-bond donors (Lipinski definition) is 0. The first kappa shape index (κ1) is 18.5. The molecule has 0 N–H and O–H groups in total. The molecule has 0 spiro atoms. The number of carbonyl (C=O) groups is 2. The first-order valence-corrected chi connectivity index (χ1v) is 8.09. The molecule has 130 valence electrons. The molecule has 0 unspecified atom stereocenters. The molecule has 1 amide bonds. The van der Waals surface area contributed by atoms with E-state index in [-0.39, 0.29) is 18.3 Å². The Bertz CT molecular complexity index is 807. The fourth-order valence-corrected chi connectivity index (χ4v) is 2.29. The van der Waals surface area contributed by atoms with Gasteiger partial charge in [0.15, 0.2) is 12.4 Å². The zero-order chi connectivity index (χ0) is 18.4. The van der Waals surface area contributed by atoms with Crippen LogP contribution >= 0.6 is 0 Å². The number of ether oxygens (including phenoxy) is 1. The summed E-state index contributed by atoms with van der Waals surface area (Å²) in [6.45, 7) is 4.01. The standard InChI is InChI=1S/C21H23NO3/c1-15-8-9-17(16(2)12-15)10-11-20(23)18-6-5-7-19(13-18)25-14-21(24)22(3)4/h5-13H,14H2,1-4H3/b11-10+. The van der Waals surface area contributed by atoms with Gasteiger partial charge in [0.2, 0.25) is 0 Å². The van der Waals surface area contributed by atoms with Crippen molar-refractivity contribution in [2.24, 2.45) is 0 Å². The monoisotopic (exact) mass is 337 g/mol. The van der Waals surface area contributed by atoms with E-state index >= 15 is 0 Å². The van der Waals surface area contributed by atoms with Gasteiger partial charge in [-0.2, -0.15) is 0 Å². The molecular formula is C21H23NO3. The summed E-state index contributed by atoms with van der Waals surface area (Å²) in [5.41, 5.74) is 3.86. The van der Waals surface area contributed by atoms with Crippen molar-refractivity contribution in [3.8, 4) is 5.75 Å². The predicted molar refractivity (Wildman–Crippen MR) is 99.9 cm³/mol. The van der Waals surface area contributed by atoms with Crippen LogP contribution in [-0.2, 0) is 4.79 Å². The number of nitrogens with zero attached hydrogens (tertiary/aromatic N) is 1. The number of likely N-dealkylation sites (N-methyl/N-ethyl adjacent to an activating group) is 1. The normalized spacial score (nSPS) is 10.7. The van der Waals surface area contributed by atoms with Gasteiger partial charge < -0.3 is 9.64 Å². The molecule has 0 aliphatic carbocycles. The molecule has 0 heterocycles. The number of rotatable bonds is 6. The van der Waals surface area contributed by atoms with E-state index in [9.17, 15) is 9.59 Å². The van der Waals surface area contributed by atoms with E-state index in [4.69, 9.17) is 4.74 Å². The van der Waals surface area contributed by atoms with E-state index in [0.29, 0.717) is 11.3 Å². The number of ketones is 1. The third-order valence-corrected chi connectivity index (χ3v) is 3.82. The van der Waals surface area contributed by atoms with Gasteiger partial charge in [-0.05, 0) is 43.2 Å². The van der Waals surface area contributed by atoms with Crippen LogP contribution in [0.2, 0.25) is 0 Å². The van der Waals surface area contributed by atoms with Crippen molar-refractivity contribution < 1.29 is 14.3 Å². The molecule has 0 atom stereocenters. The number of benzene rings is 2. The van der Waals surface area contributed by atoms with Crippen LogP contribution < -0.4 is 4.74 Å². The summed E-state index contributed by atoms with van der Waals surface area (Å²) < 4.78 is 5.45. The summed E-state index contributed by atoms with van der Waals surface area (Å²) in [7, 11) is 3.34. The van der Waals surface area contributed by atoms with Crippen LogP contribution in [0.15, 0.2) is 48.5 Å². The van der Waals surface area contributed by atoms with Crippen molar-refractivity contribution in [2.45, 2.75) is 13.8 Å². The minimum atomic E-state index is -0.133. The van der Waals surface area contributed by atoms with Gasteiger partial charge in [-0.15, -0.1) is 0 Å². The second kappa shape index (κ2) is 8.29. The molecule has 0 aliphatic heterocycles. The maximum Gasteiger partial charge on any atom is 0.259 e. The summed E-state index contributed by atoms with van der Waals surface area (Å²) in [5.74, 6) is 0.261. The maximum absolute atomic E-state index is 12.4. The van der Waals surface area contributed by atoms with Crippen LogP contribution in [-0.4, -0.2) is 37.3 Å². The third-order valence-electron chi connectivity index (χ3n) is 3.82. The van der Waals surface area contributed by atoms with Crippen LogP contribution in [0, 0.1) is 13.8 Å². The van der Waals surface area contributed by atoms with Gasteiger partial charge >= 0.3 is 0 Å². The van der Waals surface area contributed by atoms with Crippen LogP contribution in [0.1, 0.15) is 27.0 Å². The van der Waals surface area contributed by atoms with Crippen LogP contribution in [0.4, 0.5) is 0 Å². The van der Waals surface area contributed by atoms with Crippen molar-refractivity contribution in [1.29, 1.82) is 0 Å². The summed E-state index contributed by atoms with van der Waals surface area (Å²) in [4.78, 5) is 25.4. The maximum atomic E-state index is 12.4. The molecule has 25 heavy (non-hydrogen) atoms. The first-order chi connectivity index (χ1) is 11.9. The largest absolute Gasteiger partial charge is 0.484 e. The predicted octanol–water partition coefficient (Wildman–Crippen LogP) is 3.67. The molecule has 0 saturated carbocycles. The zero-order valence-electron chi connectivity index (χ0n) is 15.1. The Morgan fingerprint density at radius 2 is 1.84 bits per heavy atom. The first-order valence-electron chi connectivity index (χ1n) is 8.09. The lowest BCUT2D eigenvalue weighted by atomic mass is 10.0. The second-order valence-electron chi connectivity index (χ2n) is 6.16. The quantitative estimate of drug-likeness (QED) is 0.597. The van der Waals surface area contributed by atoms with Crippen LogP contribution in [0.5, 0.6) is 5.75 Å². The molecule has 0 radical (unpaired) electrons. The number of amides is 1. The molecule has 2 rings (SSSR count). The van der Waals surface area contributed by atoms with Crippen LogP contribution in [0.3, 0.4) is 0 Å². The fourth-order valence-electron chi connectivity index (χ4n) is 2.29. The molecule has 0 saturated heterocycles. The molecular weight excluding hydrogens is 314 g/mol. The summed E-state index contributed by atoms with van der Waals surface area (Å²) in [5, 5.41) is 0. The van der Waals surface area contributed by atoms with E-state index in [1.165, 1.54) is 10.5 Å². The van der Waals surface area contributed by atoms with Gasteiger partial charge in [-0.1, -0.05) is 42.0 Å². The molecule has 4 heteroatoms. The number of carbonyl (C=O) groups excluding carboxylic acids is 2. The number of hydrogen-bond acceptors (Lipinski definition) is 3. The molecule has 0 aromatic heterocycles. The summed E-state index contributed by atoms with van der Waals surface area (Å²) in [6, 6.07) is 13.0. The Kier molecular flexibility index (Phi) is 6.12. The van der Waals surface area contributed by atoms with Crippen molar-refractivity contribution in [2.75, 3.05) is 20.7 Å². The SMILES string of the molecule is Cc1ccc(/C=C/C(=O)c2cccc(OCC(=O)N(C)C)c2)c(C)c1. The second-order valence-corrected chi connectivity index (χ2v) is 6.16. The Morgan fingerprint density at radius 3 is 2.52 bits per heavy atom. The number of aryl methyl sites for hydroxylation is 2. The van der Waals surface area contributed by atoms with Gasteiger partial charge in [0.25, 0.3) is 5.91 Å². The lowest BCUT2D eigenvalue weighted by molar-refractivity contribution is -0.130. The van der Waals surface area contributed by atoms with E-state index in [1.54, 1.807) is 44.4 Å². The van der Waals surface area contributed by atoms with Crippen molar-refractivity contribution in [3.05, 3.63) is 70.8 Å². The highest BCUT2D eigenvalue weighted by atomic mass is 16.5. The topological polar surface area (TPSA) is 46.6 Å². The van der Waals surface area contributed by atoms with E-state index < -0.39 is 0 Å². The summed E-state index contributed by atoms with van der Waals surface area (Å²) >= 11 is 0. The van der Waals surface area contributed by atoms with Gasteiger partial charge in [0.1, 0.15) is 5.75 Å². The Hall–Kier alpha value is -2.88. The van der Waals surface area contributed by atoms with Gasteiger partial charge in [-0.25, -0.2) is 0 Å². The lowest BCUT2D eigenvalue weighted by Gasteiger charge is -2.11. The smallest absolute Gasteiger partial charge is 0.259 e. The highest BCUT2D eigenvalue weighted by Gasteiger charge is 2.07. The lowest BCUT2D eigenvalue weighted by Crippen LogP contribution is -2.27. The van der Waals surface area contributed by atoms with Crippen LogP contribution in [0.25, 0.3) is 6.08 Å². The Labute approximate surface area is 148 Å². The van der Waals surface area contributed by atoms with Crippen molar-refractivity contribution in [1.82, 2.24) is 4.90 Å². The molecule has 0 fully saturated rings. The minimum Gasteiger partial charge on any atom is -0.484 e. The molecule has 2 aromatic carbocycles. The van der Waals surface area contributed by atoms with Crippen molar-refractivity contribution >= 4 is 17.8 Å².